The smallest absolute Gasteiger partial charge is 0.231 e. The van der Waals surface area contributed by atoms with E-state index in [1.807, 2.05) is 51.2 Å². The molecule has 0 atom stereocenters. The van der Waals surface area contributed by atoms with Gasteiger partial charge in [-0.25, -0.2) is 9.97 Å². The molecule has 0 amide bonds. The van der Waals surface area contributed by atoms with Crippen LogP contribution in [0.5, 0.6) is 0 Å². The molecule has 5 heterocycles. The number of nitriles is 1. The Labute approximate surface area is 203 Å². The van der Waals surface area contributed by atoms with Crippen molar-refractivity contribution < 1.29 is 0 Å². The first kappa shape index (κ1) is 21.3. The van der Waals surface area contributed by atoms with Crippen LogP contribution in [0.2, 0.25) is 5.02 Å². The highest BCUT2D eigenvalue weighted by atomic mass is 35.5. The van der Waals surface area contributed by atoms with Crippen LogP contribution in [-0.2, 0) is 13.1 Å². The maximum atomic E-state index is 9.76. The lowest BCUT2D eigenvalue weighted by Crippen LogP contribution is -2.73. The van der Waals surface area contributed by atoms with Gasteiger partial charge in [0.25, 0.3) is 0 Å². The number of anilines is 2. The molecule has 2 fully saturated rings. The summed E-state index contributed by atoms with van der Waals surface area (Å²) in [5.41, 5.74) is 1.72. The van der Waals surface area contributed by atoms with Crippen molar-refractivity contribution in [2.24, 2.45) is 5.41 Å². The van der Waals surface area contributed by atoms with Crippen LogP contribution in [0.15, 0.2) is 30.5 Å². The van der Waals surface area contributed by atoms with Crippen LogP contribution in [0.1, 0.15) is 31.1 Å². The van der Waals surface area contributed by atoms with Crippen LogP contribution in [0, 0.1) is 23.7 Å². The number of hydrogen-bond acceptors (Lipinski definition) is 8. The van der Waals surface area contributed by atoms with Crippen LogP contribution in [0.4, 0.5) is 11.8 Å². The summed E-state index contributed by atoms with van der Waals surface area (Å²) in [6, 6.07) is 10.3. The van der Waals surface area contributed by atoms with Gasteiger partial charge in [0, 0.05) is 49.4 Å². The summed E-state index contributed by atoms with van der Waals surface area (Å²) < 4.78 is 2.15. The summed E-state index contributed by atoms with van der Waals surface area (Å²) in [4.78, 5) is 15.5. The van der Waals surface area contributed by atoms with E-state index in [9.17, 15) is 5.26 Å². The van der Waals surface area contributed by atoms with Crippen LogP contribution >= 0.6 is 11.6 Å². The minimum absolute atomic E-state index is 0.258. The van der Waals surface area contributed by atoms with Crippen molar-refractivity contribution >= 4 is 23.4 Å². The molecule has 1 spiro atoms. The molecule has 3 aliphatic heterocycles. The maximum absolute atomic E-state index is 9.76. The van der Waals surface area contributed by atoms with Crippen LogP contribution < -0.4 is 9.80 Å². The minimum atomic E-state index is -0.642. The summed E-state index contributed by atoms with van der Waals surface area (Å²) >= 11 is 6.36. The maximum Gasteiger partial charge on any atom is 0.231 e. The van der Waals surface area contributed by atoms with Gasteiger partial charge in [0.15, 0.2) is 5.82 Å². The first-order valence-corrected chi connectivity index (χ1v) is 11.8. The number of aryl methyl sites for hydroxylation is 1. The molecule has 0 radical (unpaired) electrons. The van der Waals surface area contributed by atoms with Crippen molar-refractivity contribution in [1.82, 2.24) is 29.6 Å². The normalized spacial score (nSPS) is 19.0. The second-order valence-corrected chi connectivity index (χ2v) is 10.7. The van der Waals surface area contributed by atoms with E-state index in [1.54, 1.807) is 0 Å². The second kappa shape index (κ2) is 7.39. The predicted octanol–water partition coefficient (Wildman–Crippen LogP) is 2.96. The molecule has 0 aliphatic carbocycles. The van der Waals surface area contributed by atoms with E-state index in [4.69, 9.17) is 11.6 Å². The average Bonchev–Trinajstić information content (AvgIpc) is 3.06. The monoisotopic (exact) mass is 475 g/mol. The summed E-state index contributed by atoms with van der Waals surface area (Å²) in [7, 11) is 0. The predicted molar refractivity (Wildman–Crippen MR) is 129 cm³/mol. The van der Waals surface area contributed by atoms with E-state index in [1.165, 1.54) is 0 Å². The Morgan fingerprint density at radius 1 is 1.06 bits per heavy atom. The fourth-order valence-electron chi connectivity index (χ4n) is 5.31. The third kappa shape index (κ3) is 3.32. The van der Waals surface area contributed by atoms with E-state index in [-0.39, 0.29) is 5.41 Å². The first-order valence-electron chi connectivity index (χ1n) is 11.5. The Bertz CT molecular complexity index is 1310. The van der Waals surface area contributed by atoms with Gasteiger partial charge in [-0.2, -0.15) is 5.26 Å². The molecule has 0 saturated carbocycles. The Balaban J connectivity index is 1.27. The van der Waals surface area contributed by atoms with E-state index < -0.39 is 5.54 Å². The van der Waals surface area contributed by atoms with Crippen molar-refractivity contribution in [2.45, 2.75) is 39.4 Å². The minimum Gasteiger partial charge on any atom is -0.355 e. The second-order valence-electron chi connectivity index (χ2n) is 10.2. The lowest BCUT2D eigenvalue weighted by atomic mass is 9.73. The molecule has 0 bridgehead atoms. The zero-order valence-corrected chi connectivity index (χ0v) is 20.3. The quantitative estimate of drug-likeness (QED) is 0.571. The van der Waals surface area contributed by atoms with Crippen molar-refractivity contribution in [1.29, 1.82) is 5.26 Å². The SMILES string of the molecule is Cc1nccc(N2CC3(C2)CN(c2nnc4n2-c2ccc(Cl)cc2CN(C(C)(C)C#N)C4)C3)n1. The molecule has 0 N–H and O–H groups in total. The molecular weight excluding hydrogens is 450 g/mol. The Morgan fingerprint density at radius 2 is 1.82 bits per heavy atom. The fraction of sp³-hybridized carbons (Fsp3) is 0.458. The first-order chi connectivity index (χ1) is 16.3. The molecule has 10 heteroatoms. The molecule has 2 saturated heterocycles. The van der Waals surface area contributed by atoms with Crippen molar-refractivity contribution in [3.63, 3.8) is 0 Å². The third-order valence-electron chi connectivity index (χ3n) is 7.23. The molecule has 174 valence electrons. The van der Waals surface area contributed by atoms with Crippen LogP contribution in [0.3, 0.4) is 0 Å². The van der Waals surface area contributed by atoms with Crippen LogP contribution in [0.25, 0.3) is 5.69 Å². The summed E-state index contributed by atoms with van der Waals surface area (Å²) in [5.74, 6) is 3.50. The number of fused-ring (bicyclic) bond motifs is 3. The third-order valence-corrected chi connectivity index (χ3v) is 7.46. The van der Waals surface area contributed by atoms with Gasteiger partial charge in [0.2, 0.25) is 5.95 Å². The molecule has 9 nitrogen and oxygen atoms in total. The standard InChI is InChI=1S/C24H26ClN9/c1-16-27-7-6-20(28-16)31-12-24(13-31)14-32(15-24)22-30-29-21-10-33(23(2,3)11-26)9-17-8-18(25)4-5-19(17)34(21)22/h4-8H,9-10,12-15H2,1-3H3. The molecule has 34 heavy (non-hydrogen) atoms. The van der Waals surface area contributed by atoms with Gasteiger partial charge in [0.05, 0.1) is 18.3 Å². The van der Waals surface area contributed by atoms with E-state index >= 15 is 0 Å². The highest BCUT2D eigenvalue weighted by molar-refractivity contribution is 6.30. The highest BCUT2D eigenvalue weighted by Crippen LogP contribution is 2.44. The molecule has 2 aromatic heterocycles. The van der Waals surface area contributed by atoms with Gasteiger partial charge in [0.1, 0.15) is 17.2 Å². The van der Waals surface area contributed by atoms with Gasteiger partial charge < -0.3 is 9.80 Å². The molecule has 3 aromatic rings. The van der Waals surface area contributed by atoms with Gasteiger partial charge in [-0.15, -0.1) is 10.2 Å². The lowest BCUT2D eigenvalue weighted by Gasteiger charge is -2.60. The highest BCUT2D eigenvalue weighted by Gasteiger charge is 2.53. The zero-order chi connectivity index (χ0) is 23.7. The van der Waals surface area contributed by atoms with Crippen molar-refractivity contribution in [3.8, 4) is 11.8 Å². The topological polar surface area (TPSA) is 90.0 Å². The van der Waals surface area contributed by atoms with E-state index in [0.717, 1.165) is 60.8 Å². The lowest BCUT2D eigenvalue weighted by molar-refractivity contribution is 0.147. The number of rotatable bonds is 3. The van der Waals surface area contributed by atoms with E-state index in [2.05, 4.69) is 45.5 Å². The van der Waals surface area contributed by atoms with Crippen LogP contribution in [-0.4, -0.2) is 61.4 Å². The van der Waals surface area contributed by atoms with Gasteiger partial charge >= 0.3 is 0 Å². The Morgan fingerprint density at radius 3 is 2.56 bits per heavy atom. The number of halogens is 1. The van der Waals surface area contributed by atoms with Gasteiger partial charge in [-0.3, -0.25) is 9.47 Å². The van der Waals surface area contributed by atoms with Gasteiger partial charge in [-0.05, 0) is 50.6 Å². The molecule has 1 aromatic carbocycles. The summed E-state index contributed by atoms with van der Waals surface area (Å²) in [6.07, 6.45) is 1.82. The van der Waals surface area contributed by atoms with Gasteiger partial charge in [-0.1, -0.05) is 11.6 Å². The average molecular weight is 476 g/mol. The number of benzene rings is 1. The number of aromatic nitrogens is 5. The van der Waals surface area contributed by atoms with E-state index in [0.29, 0.717) is 18.1 Å². The molecule has 0 unspecified atom stereocenters. The Hall–Kier alpha value is -3.22. The summed E-state index contributed by atoms with van der Waals surface area (Å²) in [6.45, 7) is 10.8. The summed E-state index contributed by atoms with van der Waals surface area (Å²) in [5, 5.41) is 19.6. The van der Waals surface area contributed by atoms with Crippen molar-refractivity contribution in [2.75, 3.05) is 36.0 Å². The number of hydrogen-bond donors (Lipinski definition) is 0. The molecule has 3 aliphatic rings. The number of nitrogens with zero attached hydrogens (tertiary/aromatic N) is 9. The van der Waals surface area contributed by atoms with Crippen molar-refractivity contribution in [3.05, 3.63) is 52.7 Å². The largest absolute Gasteiger partial charge is 0.355 e. The molecular formula is C24H26ClN9. The fourth-order valence-corrected chi connectivity index (χ4v) is 5.50. The Kier molecular flexibility index (Phi) is 4.63. The zero-order valence-electron chi connectivity index (χ0n) is 19.5. The molecule has 6 rings (SSSR count).